The molecule has 1 rings (SSSR count). The van der Waals surface area contributed by atoms with Crippen molar-refractivity contribution >= 4 is 21.4 Å². The Morgan fingerprint density at radius 3 is 2.33 bits per heavy atom. The lowest BCUT2D eigenvalue weighted by molar-refractivity contribution is 0.270. The number of sulfonamides is 1. The maximum absolute atomic E-state index is 11.8. The smallest absolute Gasteiger partial charge is 0.211 e. The van der Waals surface area contributed by atoms with Gasteiger partial charge in [-0.25, -0.2) is 8.42 Å². The zero-order valence-electron chi connectivity index (χ0n) is 11.3. The molecule has 0 aliphatic rings. The Balaban J connectivity index is 2.62. The summed E-state index contributed by atoms with van der Waals surface area (Å²) in [6, 6.07) is 3.92. The summed E-state index contributed by atoms with van der Waals surface area (Å²) in [4.78, 5) is 3.31. The van der Waals surface area contributed by atoms with Crippen LogP contribution in [-0.4, -0.2) is 50.1 Å². The lowest BCUT2D eigenvalue weighted by atomic mass is 10.4. The summed E-state index contributed by atoms with van der Waals surface area (Å²) in [5.41, 5.74) is 0. The van der Waals surface area contributed by atoms with E-state index in [2.05, 4.69) is 18.7 Å². The first-order valence-electron chi connectivity index (χ1n) is 6.17. The van der Waals surface area contributed by atoms with Gasteiger partial charge in [0.1, 0.15) is 0 Å². The fourth-order valence-corrected chi connectivity index (χ4v) is 3.32. The highest BCUT2D eigenvalue weighted by Crippen LogP contribution is 2.13. The molecule has 0 spiro atoms. The van der Waals surface area contributed by atoms with Crippen LogP contribution in [0.4, 0.5) is 0 Å². The molecular weight excluding hydrogens is 268 g/mol. The number of hydrogen-bond acceptors (Lipinski definition) is 4. The molecule has 0 unspecified atom stereocenters. The lowest BCUT2D eigenvalue weighted by Gasteiger charge is -2.24. The van der Waals surface area contributed by atoms with Crippen molar-refractivity contribution in [2.75, 3.05) is 32.4 Å². The SMILES string of the molecule is CCN(CC)CCN(Cc1cccs1)S(C)(=O)=O. The molecule has 0 aliphatic carbocycles. The second-order valence-corrected chi connectivity index (χ2v) is 7.22. The minimum atomic E-state index is -3.14. The van der Waals surface area contributed by atoms with Gasteiger partial charge < -0.3 is 4.90 Å². The van der Waals surface area contributed by atoms with Crippen LogP contribution in [0, 0.1) is 0 Å². The number of nitrogens with zero attached hydrogens (tertiary/aromatic N) is 2. The fraction of sp³-hybridized carbons (Fsp3) is 0.667. The molecular formula is C12H22N2O2S2. The molecule has 1 heterocycles. The highest BCUT2D eigenvalue weighted by atomic mass is 32.2. The van der Waals surface area contributed by atoms with Gasteiger partial charge in [0.25, 0.3) is 0 Å². The molecule has 0 atom stereocenters. The van der Waals surface area contributed by atoms with E-state index in [0.717, 1.165) is 24.5 Å². The molecule has 0 N–H and O–H groups in total. The van der Waals surface area contributed by atoms with Gasteiger partial charge in [-0.15, -0.1) is 11.3 Å². The van der Waals surface area contributed by atoms with Crippen LogP contribution in [0.1, 0.15) is 18.7 Å². The van der Waals surface area contributed by atoms with Gasteiger partial charge >= 0.3 is 0 Å². The van der Waals surface area contributed by atoms with Crippen LogP contribution in [0.2, 0.25) is 0 Å². The minimum absolute atomic E-state index is 0.484. The van der Waals surface area contributed by atoms with E-state index in [4.69, 9.17) is 0 Å². The number of thiophene rings is 1. The quantitative estimate of drug-likeness (QED) is 0.733. The van der Waals surface area contributed by atoms with E-state index >= 15 is 0 Å². The van der Waals surface area contributed by atoms with E-state index < -0.39 is 10.0 Å². The van der Waals surface area contributed by atoms with Crippen LogP contribution in [-0.2, 0) is 16.6 Å². The molecule has 0 aliphatic heterocycles. The van der Waals surface area contributed by atoms with E-state index in [1.807, 2.05) is 17.5 Å². The molecule has 1 aromatic rings. The molecule has 0 fully saturated rings. The third-order valence-corrected chi connectivity index (χ3v) is 5.05. The molecule has 0 amide bonds. The molecule has 0 saturated carbocycles. The topological polar surface area (TPSA) is 40.6 Å². The van der Waals surface area contributed by atoms with Gasteiger partial charge in [-0.2, -0.15) is 4.31 Å². The first-order valence-corrected chi connectivity index (χ1v) is 8.90. The summed E-state index contributed by atoms with van der Waals surface area (Å²) in [6.07, 6.45) is 1.28. The van der Waals surface area contributed by atoms with Crippen LogP contribution in [0.5, 0.6) is 0 Å². The van der Waals surface area contributed by atoms with E-state index in [1.165, 1.54) is 6.26 Å². The third-order valence-electron chi connectivity index (χ3n) is 2.94. The highest BCUT2D eigenvalue weighted by Gasteiger charge is 2.17. The van der Waals surface area contributed by atoms with Crippen molar-refractivity contribution < 1.29 is 8.42 Å². The first-order chi connectivity index (χ1) is 8.47. The Hall–Kier alpha value is -0.430. The fourth-order valence-electron chi connectivity index (χ4n) is 1.73. The van der Waals surface area contributed by atoms with E-state index in [1.54, 1.807) is 15.6 Å². The zero-order chi connectivity index (χ0) is 13.6. The predicted octanol–water partition coefficient (Wildman–Crippen LogP) is 1.85. The first kappa shape index (κ1) is 15.6. The second-order valence-electron chi connectivity index (χ2n) is 4.20. The Labute approximate surface area is 114 Å². The Bertz CT molecular complexity index is 425. The van der Waals surface area contributed by atoms with Crippen LogP contribution < -0.4 is 0 Å². The second kappa shape index (κ2) is 7.23. The summed E-state index contributed by atoms with van der Waals surface area (Å²) in [7, 11) is -3.14. The summed E-state index contributed by atoms with van der Waals surface area (Å²) >= 11 is 1.59. The van der Waals surface area contributed by atoms with Gasteiger partial charge in [0, 0.05) is 24.5 Å². The largest absolute Gasteiger partial charge is 0.303 e. The van der Waals surface area contributed by atoms with E-state index in [9.17, 15) is 8.42 Å². The van der Waals surface area contributed by atoms with Crippen molar-refractivity contribution in [2.45, 2.75) is 20.4 Å². The van der Waals surface area contributed by atoms with Crippen LogP contribution in [0.3, 0.4) is 0 Å². The van der Waals surface area contributed by atoms with Gasteiger partial charge in [-0.1, -0.05) is 19.9 Å². The van der Waals surface area contributed by atoms with Crippen LogP contribution in [0.25, 0.3) is 0 Å². The number of rotatable bonds is 8. The highest BCUT2D eigenvalue weighted by molar-refractivity contribution is 7.88. The van der Waals surface area contributed by atoms with Crippen LogP contribution in [0.15, 0.2) is 17.5 Å². The summed E-state index contributed by atoms with van der Waals surface area (Å²) in [5.74, 6) is 0. The Kier molecular flexibility index (Phi) is 6.28. The van der Waals surface area contributed by atoms with Crippen LogP contribution >= 0.6 is 11.3 Å². The molecule has 0 radical (unpaired) electrons. The molecule has 0 aromatic carbocycles. The van der Waals surface area contributed by atoms with Gasteiger partial charge in [0.05, 0.1) is 6.26 Å². The number of likely N-dealkylation sites (N-methyl/N-ethyl adjacent to an activating group) is 1. The standard InChI is InChI=1S/C12H22N2O2S2/c1-4-13(5-2)8-9-14(18(3,15)16)11-12-7-6-10-17-12/h6-7,10H,4-5,8-9,11H2,1-3H3. The lowest BCUT2D eigenvalue weighted by Crippen LogP contribution is -2.37. The van der Waals surface area contributed by atoms with Crippen molar-refractivity contribution in [3.05, 3.63) is 22.4 Å². The number of hydrogen-bond donors (Lipinski definition) is 0. The normalized spacial score (nSPS) is 12.5. The monoisotopic (exact) mass is 290 g/mol. The van der Waals surface area contributed by atoms with E-state index in [0.29, 0.717) is 13.1 Å². The Morgan fingerprint density at radius 2 is 1.89 bits per heavy atom. The molecule has 0 bridgehead atoms. The average Bonchev–Trinajstić information content (AvgIpc) is 2.80. The van der Waals surface area contributed by atoms with Crippen molar-refractivity contribution in [2.24, 2.45) is 0 Å². The minimum Gasteiger partial charge on any atom is -0.303 e. The third kappa shape index (κ3) is 5.06. The Morgan fingerprint density at radius 1 is 1.22 bits per heavy atom. The maximum atomic E-state index is 11.8. The van der Waals surface area contributed by atoms with Gasteiger partial charge in [0.15, 0.2) is 0 Å². The zero-order valence-corrected chi connectivity index (χ0v) is 12.9. The van der Waals surface area contributed by atoms with Gasteiger partial charge in [-0.3, -0.25) is 0 Å². The summed E-state index contributed by atoms with van der Waals surface area (Å²) in [6.45, 7) is 7.91. The van der Waals surface area contributed by atoms with E-state index in [-0.39, 0.29) is 0 Å². The predicted molar refractivity (Wildman–Crippen MR) is 77.4 cm³/mol. The van der Waals surface area contributed by atoms with Crippen molar-refractivity contribution in [3.63, 3.8) is 0 Å². The molecule has 18 heavy (non-hydrogen) atoms. The van der Waals surface area contributed by atoms with Crippen molar-refractivity contribution in [3.8, 4) is 0 Å². The molecule has 0 saturated heterocycles. The maximum Gasteiger partial charge on any atom is 0.211 e. The van der Waals surface area contributed by atoms with Gasteiger partial charge in [-0.05, 0) is 24.5 Å². The molecule has 104 valence electrons. The average molecular weight is 290 g/mol. The summed E-state index contributed by atoms with van der Waals surface area (Å²) < 4.78 is 25.1. The molecule has 4 nitrogen and oxygen atoms in total. The summed E-state index contributed by atoms with van der Waals surface area (Å²) in [5, 5.41) is 1.97. The molecule has 1 aromatic heterocycles. The van der Waals surface area contributed by atoms with Crippen molar-refractivity contribution in [1.82, 2.24) is 9.21 Å². The van der Waals surface area contributed by atoms with Crippen molar-refractivity contribution in [1.29, 1.82) is 0 Å². The molecule has 6 heteroatoms. The van der Waals surface area contributed by atoms with Gasteiger partial charge in [0.2, 0.25) is 10.0 Å².